The van der Waals surface area contributed by atoms with Crippen molar-refractivity contribution in [3.05, 3.63) is 58.9 Å². The number of aryl methyl sites for hydroxylation is 2. The SMILES string of the molecule is COc1ccccc1/C=C(/C#N)c1nc2cc(C)c(C)cc2[nH]1. The van der Waals surface area contributed by atoms with Crippen molar-refractivity contribution in [1.82, 2.24) is 9.97 Å². The lowest BCUT2D eigenvalue weighted by Crippen LogP contribution is -1.89. The Bertz CT molecular complexity index is 906. The number of methoxy groups -OCH3 is 1. The van der Waals surface area contributed by atoms with Gasteiger partial charge in [-0.25, -0.2) is 4.98 Å². The summed E-state index contributed by atoms with van der Waals surface area (Å²) in [7, 11) is 1.62. The van der Waals surface area contributed by atoms with Gasteiger partial charge in [0.05, 0.1) is 23.7 Å². The highest BCUT2D eigenvalue weighted by atomic mass is 16.5. The number of para-hydroxylation sites is 1. The van der Waals surface area contributed by atoms with E-state index in [0.29, 0.717) is 11.4 Å². The number of aromatic nitrogens is 2. The molecule has 0 atom stereocenters. The summed E-state index contributed by atoms with van der Waals surface area (Å²) in [6, 6.07) is 13.9. The summed E-state index contributed by atoms with van der Waals surface area (Å²) in [6.07, 6.45) is 1.79. The first-order chi connectivity index (χ1) is 11.1. The van der Waals surface area contributed by atoms with Crippen molar-refractivity contribution in [3.63, 3.8) is 0 Å². The number of hydrogen-bond donors (Lipinski definition) is 1. The van der Waals surface area contributed by atoms with E-state index in [1.807, 2.05) is 30.3 Å². The van der Waals surface area contributed by atoms with Crippen LogP contribution in [0.25, 0.3) is 22.7 Å². The van der Waals surface area contributed by atoms with Crippen molar-refractivity contribution in [3.8, 4) is 11.8 Å². The van der Waals surface area contributed by atoms with Gasteiger partial charge in [0.25, 0.3) is 0 Å². The van der Waals surface area contributed by atoms with E-state index in [0.717, 1.165) is 22.3 Å². The van der Waals surface area contributed by atoms with Gasteiger partial charge in [-0.3, -0.25) is 0 Å². The van der Waals surface area contributed by atoms with Crippen molar-refractivity contribution in [2.75, 3.05) is 7.11 Å². The van der Waals surface area contributed by atoms with E-state index < -0.39 is 0 Å². The lowest BCUT2D eigenvalue weighted by atomic mass is 10.1. The first-order valence-electron chi connectivity index (χ1n) is 7.34. The predicted molar refractivity (Wildman–Crippen MR) is 92.0 cm³/mol. The third-order valence-corrected chi connectivity index (χ3v) is 3.91. The molecule has 0 aliphatic rings. The highest BCUT2D eigenvalue weighted by molar-refractivity contribution is 5.91. The Hall–Kier alpha value is -3.06. The maximum absolute atomic E-state index is 9.52. The second-order valence-corrected chi connectivity index (χ2v) is 5.45. The van der Waals surface area contributed by atoms with Gasteiger partial charge in [-0.2, -0.15) is 5.26 Å². The Kier molecular flexibility index (Phi) is 3.86. The van der Waals surface area contributed by atoms with E-state index in [4.69, 9.17) is 4.74 Å². The molecule has 0 bridgehead atoms. The predicted octanol–water partition coefficient (Wildman–Crippen LogP) is 4.25. The fraction of sp³-hybridized carbons (Fsp3) is 0.158. The molecule has 3 rings (SSSR count). The Labute approximate surface area is 135 Å². The van der Waals surface area contributed by atoms with E-state index in [9.17, 15) is 5.26 Å². The smallest absolute Gasteiger partial charge is 0.149 e. The van der Waals surface area contributed by atoms with Gasteiger partial charge in [0.1, 0.15) is 17.6 Å². The topological polar surface area (TPSA) is 61.7 Å². The Balaban J connectivity index is 2.11. The van der Waals surface area contributed by atoms with Crippen LogP contribution in [0.1, 0.15) is 22.5 Å². The lowest BCUT2D eigenvalue weighted by molar-refractivity contribution is 0.414. The summed E-state index contributed by atoms with van der Waals surface area (Å²) >= 11 is 0. The van der Waals surface area contributed by atoms with Crippen LogP contribution in [0.4, 0.5) is 0 Å². The second-order valence-electron chi connectivity index (χ2n) is 5.45. The maximum Gasteiger partial charge on any atom is 0.149 e. The van der Waals surface area contributed by atoms with Gasteiger partial charge in [-0.1, -0.05) is 18.2 Å². The zero-order valence-electron chi connectivity index (χ0n) is 13.3. The van der Waals surface area contributed by atoms with Gasteiger partial charge in [0.2, 0.25) is 0 Å². The normalized spacial score (nSPS) is 11.5. The van der Waals surface area contributed by atoms with Gasteiger partial charge in [0.15, 0.2) is 0 Å². The Morgan fingerprint density at radius 2 is 1.96 bits per heavy atom. The number of ether oxygens (including phenoxy) is 1. The zero-order valence-corrected chi connectivity index (χ0v) is 13.3. The number of fused-ring (bicyclic) bond motifs is 1. The minimum absolute atomic E-state index is 0.473. The molecule has 114 valence electrons. The van der Waals surface area contributed by atoms with Crippen LogP contribution in [0.3, 0.4) is 0 Å². The number of allylic oxidation sites excluding steroid dienone is 1. The largest absolute Gasteiger partial charge is 0.496 e. The Morgan fingerprint density at radius 1 is 1.22 bits per heavy atom. The number of rotatable bonds is 3. The van der Waals surface area contributed by atoms with Crippen LogP contribution in [0.5, 0.6) is 5.75 Å². The fourth-order valence-corrected chi connectivity index (χ4v) is 2.49. The zero-order chi connectivity index (χ0) is 16.4. The van der Waals surface area contributed by atoms with Crippen LogP contribution in [0.15, 0.2) is 36.4 Å². The standard InChI is InChI=1S/C19H17N3O/c1-12-8-16-17(9-13(12)2)22-19(21-16)15(11-20)10-14-6-4-5-7-18(14)23-3/h4-10H,1-3H3,(H,21,22)/b15-10-. The van der Waals surface area contributed by atoms with Crippen LogP contribution >= 0.6 is 0 Å². The maximum atomic E-state index is 9.52. The summed E-state index contributed by atoms with van der Waals surface area (Å²) in [4.78, 5) is 7.78. The van der Waals surface area contributed by atoms with E-state index >= 15 is 0 Å². The monoisotopic (exact) mass is 303 g/mol. The van der Waals surface area contributed by atoms with E-state index in [1.54, 1.807) is 13.2 Å². The molecule has 23 heavy (non-hydrogen) atoms. The summed E-state index contributed by atoms with van der Waals surface area (Å²) in [5.41, 5.74) is 5.50. The third kappa shape index (κ3) is 2.82. The second kappa shape index (κ2) is 5.98. The van der Waals surface area contributed by atoms with Crippen LogP contribution in [0, 0.1) is 25.2 Å². The van der Waals surface area contributed by atoms with E-state index in [1.165, 1.54) is 11.1 Å². The fourth-order valence-electron chi connectivity index (χ4n) is 2.49. The molecule has 0 radical (unpaired) electrons. The highest BCUT2D eigenvalue weighted by Gasteiger charge is 2.10. The van der Waals surface area contributed by atoms with Gasteiger partial charge in [0, 0.05) is 5.56 Å². The number of imidazole rings is 1. The van der Waals surface area contributed by atoms with Crippen molar-refractivity contribution in [2.45, 2.75) is 13.8 Å². The first-order valence-corrected chi connectivity index (χ1v) is 7.34. The Morgan fingerprint density at radius 3 is 2.70 bits per heavy atom. The molecule has 1 N–H and O–H groups in total. The van der Waals surface area contributed by atoms with Crippen molar-refractivity contribution in [2.24, 2.45) is 0 Å². The van der Waals surface area contributed by atoms with Gasteiger partial charge < -0.3 is 9.72 Å². The third-order valence-electron chi connectivity index (χ3n) is 3.91. The number of hydrogen-bond acceptors (Lipinski definition) is 3. The summed E-state index contributed by atoms with van der Waals surface area (Å²) < 4.78 is 5.33. The molecule has 4 nitrogen and oxygen atoms in total. The quantitative estimate of drug-likeness (QED) is 0.736. The molecular weight excluding hydrogens is 286 g/mol. The van der Waals surface area contributed by atoms with Crippen LogP contribution in [-0.4, -0.2) is 17.1 Å². The highest BCUT2D eigenvalue weighted by Crippen LogP contribution is 2.25. The van der Waals surface area contributed by atoms with Crippen molar-refractivity contribution in [1.29, 1.82) is 5.26 Å². The summed E-state index contributed by atoms with van der Waals surface area (Å²) in [5.74, 6) is 1.29. The molecule has 1 heterocycles. The molecule has 2 aromatic carbocycles. The minimum Gasteiger partial charge on any atom is -0.496 e. The van der Waals surface area contributed by atoms with Crippen LogP contribution in [-0.2, 0) is 0 Å². The summed E-state index contributed by atoms with van der Waals surface area (Å²) in [6.45, 7) is 4.12. The van der Waals surface area contributed by atoms with Crippen LogP contribution in [0.2, 0.25) is 0 Å². The van der Waals surface area contributed by atoms with Crippen molar-refractivity contribution < 1.29 is 4.74 Å². The number of H-pyrrole nitrogens is 1. The number of nitrogens with zero attached hydrogens (tertiary/aromatic N) is 2. The number of nitrogens with one attached hydrogen (secondary N) is 1. The number of nitriles is 1. The molecule has 3 aromatic rings. The van der Waals surface area contributed by atoms with E-state index in [-0.39, 0.29) is 0 Å². The molecule has 1 aromatic heterocycles. The number of aromatic amines is 1. The molecule has 0 spiro atoms. The molecule has 0 saturated heterocycles. The van der Waals surface area contributed by atoms with Gasteiger partial charge in [-0.15, -0.1) is 0 Å². The van der Waals surface area contributed by atoms with Gasteiger partial charge in [-0.05, 0) is 49.2 Å². The molecule has 0 aliphatic carbocycles. The van der Waals surface area contributed by atoms with E-state index in [2.05, 4.69) is 36.0 Å². The minimum atomic E-state index is 0.473. The molecule has 0 aliphatic heterocycles. The van der Waals surface area contributed by atoms with Crippen LogP contribution < -0.4 is 4.74 Å². The number of benzene rings is 2. The average molecular weight is 303 g/mol. The molecule has 4 heteroatoms. The molecule has 0 saturated carbocycles. The molecule has 0 fully saturated rings. The van der Waals surface area contributed by atoms with Crippen molar-refractivity contribution >= 4 is 22.7 Å². The summed E-state index contributed by atoms with van der Waals surface area (Å²) in [5, 5.41) is 9.52. The molecule has 0 amide bonds. The first kappa shape index (κ1) is 14.9. The lowest BCUT2D eigenvalue weighted by Gasteiger charge is -2.03. The molecular formula is C19H17N3O. The average Bonchev–Trinajstić information content (AvgIpc) is 2.95. The van der Waals surface area contributed by atoms with Gasteiger partial charge >= 0.3 is 0 Å². The molecule has 0 unspecified atom stereocenters.